The fraction of sp³-hybridized carbons (Fsp3) is 0.588. The van der Waals surface area contributed by atoms with Crippen LogP contribution in [0.5, 0.6) is 5.75 Å². The second-order valence-corrected chi connectivity index (χ2v) is 8.61. The standard InChI is InChI=1S/C17H27N3O3S2/c1-4-7-13(2)18-17(24)19-15-12-14(8-9-16(15)23-3)25(21,22)20-10-5-6-11-20/h8-9,12-13H,4-7,10-11H2,1-3H3,(H2,18,19,24)/t13-/m0/s1. The van der Waals surface area contributed by atoms with Gasteiger partial charge in [-0.3, -0.25) is 0 Å². The van der Waals surface area contributed by atoms with Gasteiger partial charge in [-0.2, -0.15) is 4.31 Å². The number of nitrogens with zero attached hydrogens (tertiary/aromatic N) is 1. The molecule has 1 atom stereocenters. The van der Waals surface area contributed by atoms with Crippen LogP contribution in [0.25, 0.3) is 0 Å². The Morgan fingerprint density at radius 1 is 1.36 bits per heavy atom. The van der Waals surface area contributed by atoms with E-state index < -0.39 is 10.0 Å². The molecule has 1 aliphatic rings. The van der Waals surface area contributed by atoms with Crippen LogP contribution in [0.1, 0.15) is 39.5 Å². The van der Waals surface area contributed by atoms with Crippen LogP contribution in [0, 0.1) is 0 Å². The molecule has 140 valence electrons. The molecule has 1 aromatic rings. The third-order valence-electron chi connectivity index (χ3n) is 4.22. The zero-order chi connectivity index (χ0) is 18.4. The first-order chi connectivity index (χ1) is 11.9. The topological polar surface area (TPSA) is 70.7 Å². The number of sulfonamides is 1. The summed E-state index contributed by atoms with van der Waals surface area (Å²) in [4.78, 5) is 0.252. The van der Waals surface area contributed by atoms with Gasteiger partial charge in [-0.15, -0.1) is 0 Å². The maximum atomic E-state index is 12.7. The van der Waals surface area contributed by atoms with E-state index in [4.69, 9.17) is 17.0 Å². The number of methoxy groups -OCH3 is 1. The minimum Gasteiger partial charge on any atom is -0.495 e. The summed E-state index contributed by atoms with van der Waals surface area (Å²) in [6, 6.07) is 5.06. The fourth-order valence-corrected chi connectivity index (χ4v) is 4.77. The molecular formula is C17H27N3O3S2. The van der Waals surface area contributed by atoms with E-state index >= 15 is 0 Å². The summed E-state index contributed by atoms with van der Waals surface area (Å²) in [5.74, 6) is 0.549. The lowest BCUT2D eigenvalue weighted by atomic mass is 10.2. The summed E-state index contributed by atoms with van der Waals surface area (Å²) < 4.78 is 32.3. The molecule has 0 aliphatic carbocycles. The van der Waals surface area contributed by atoms with E-state index in [0.717, 1.165) is 25.7 Å². The molecule has 0 aromatic heterocycles. The van der Waals surface area contributed by atoms with E-state index in [9.17, 15) is 8.42 Å². The van der Waals surface area contributed by atoms with Gasteiger partial charge in [0.25, 0.3) is 0 Å². The predicted molar refractivity (Wildman–Crippen MR) is 105 cm³/mol. The minimum atomic E-state index is -3.48. The van der Waals surface area contributed by atoms with Crippen molar-refractivity contribution in [3.63, 3.8) is 0 Å². The number of nitrogens with one attached hydrogen (secondary N) is 2. The van der Waals surface area contributed by atoms with Crippen molar-refractivity contribution in [2.45, 2.75) is 50.5 Å². The molecule has 0 spiro atoms. The molecule has 0 amide bonds. The monoisotopic (exact) mass is 385 g/mol. The molecule has 1 heterocycles. The normalized spacial score (nSPS) is 16.4. The average molecular weight is 386 g/mol. The Kier molecular flexibility index (Phi) is 7.04. The molecule has 1 aliphatic heterocycles. The smallest absolute Gasteiger partial charge is 0.243 e. The Morgan fingerprint density at radius 3 is 2.64 bits per heavy atom. The lowest BCUT2D eigenvalue weighted by Gasteiger charge is -2.20. The van der Waals surface area contributed by atoms with Crippen LogP contribution in [-0.2, 0) is 10.0 Å². The summed E-state index contributed by atoms with van der Waals surface area (Å²) in [6.45, 7) is 5.32. The predicted octanol–water partition coefficient (Wildman–Crippen LogP) is 2.95. The Bertz CT molecular complexity index is 701. The molecule has 2 rings (SSSR count). The van der Waals surface area contributed by atoms with Crippen molar-refractivity contribution < 1.29 is 13.2 Å². The second-order valence-electron chi connectivity index (χ2n) is 6.26. The zero-order valence-corrected chi connectivity index (χ0v) is 16.7. The number of benzene rings is 1. The van der Waals surface area contributed by atoms with Crippen LogP contribution < -0.4 is 15.4 Å². The van der Waals surface area contributed by atoms with Gasteiger partial charge in [-0.1, -0.05) is 13.3 Å². The van der Waals surface area contributed by atoms with Crippen molar-refractivity contribution >= 4 is 33.0 Å². The lowest BCUT2D eigenvalue weighted by Crippen LogP contribution is -2.36. The van der Waals surface area contributed by atoms with E-state index in [0.29, 0.717) is 29.6 Å². The molecule has 1 saturated heterocycles. The molecule has 0 bridgehead atoms. The Morgan fingerprint density at radius 2 is 2.04 bits per heavy atom. The van der Waals surface area contributed by atoms with Crippen molar-refractivity contribution in [3.8, 4) is 5.75 Å². The Labute approximate surface area is 156 Å². The van der Waals surface area contributed by atoms with Crippen LogP contribution in [0.3, 0.4) is 0 Å². The van der Waals surface area contributed by atoms with E-state index in [1.165, 1.54) is 4.31 Å². The Balaban J connectivity index is 2.20. The highest BCUT2D eigenvalue weighted by atomic mass is 32.2. The van der Waals surface area contributed by atoms with Gasteiger partial charge in [-0.05, 0) is 56.6 Å². The largest absolute Gasteiger partial charge is 0.495 e. The maximum absolute atomic E-state index is 12.7. The van der Waals surface area contributed by atoms with Crippen LogP contribution in [0.4, 0.5) is 5.69 Å². The summed E-state index contributed by atoms with van der Waals surface area (Å²) in [5.41, 5.74) is 0.545. The molecule has 1 aromatic carbocycles. The number of hydrogen-bond acceptors (Lipinski definition) is 4. The van der Waals surface area contributed by atoms with E-state index in [-0.39, 0.29) is 10.9 Å². The highest BCUT2D eigenvalue weighted by Crippen LogP contribution is 2.30. The number of rotatable bonds is 7. The van der Waals surface area contributed by atoms with Gasteiger partial charge >= 0.3 is 0 Å². The molecule has 0 unspecified atom stereocenters. The van der Waals surface area contributed by atoms with Crippen molar-refractivity contribution in [1.82, 2.24) is 9.62 Å². The van der Waals surface area contributed by atoms with Gasteiger partial charge in [0.15, 0.2) is 5.11 Å². The van der Waals surface area contributed by atoms with Crippen molar-refractivity contribution in [2.24, 2.45) is 0 Å². The highest BCUT2D eigenvalue weighted by Gasteiger charge is 2.28. The average Bonchev–Trinajstić information content (AvgIpc) is 3.10. The van der Waals surface area contributed by atoms with Crippen molar-refractivity contribution in [2.75, 3.05) is 25.5 Å². The van der Waals surface area contributed by atoms with Gasteiger partial charge in [0, 0.05) is 19.1 Å². The molecule has 0 saturated carbocycles. The molecule has 6 nitrogen and oxygen atoms in total. The summed E-state index contributed by atoms with van der Waals surface area (Å²) >= 11 is 5.34. The van der Waals surface area contributed by atoms with Crippen molar-refractivity contribution in [1.29, 1.82) is 0 Å². The van der Waals surface area contributed by atoms with Crippen LogP contribution in [0.2, 0.25) is 0 Å². The first-order valence-electron chi connectivity index (χ1n) is 8.64. The second kappa shape index (κ2) is 8.82. The third-order valence-corrected chi connectivity index (χ3v) is 6.34. The van der Waals surface area contributed by atoms with Gasteiger partial charge < -0.3 is 15.4 Å². The van der Waals surface area contributed by atoms with Crippen LogP contribution in [-0.4, -0.2) is 44.1 Å². The molecule has 25 heavy (non-hydrogen) atoms. The van der Waals surface area contributed by atoms with E-state index in [1.54, 1.807) is 25.3 Å². The SMILES string of the molecule is CCC[C@H](C)NC(=S)Nc1cc(S(=O)(=O)N2CCCC2)ccc1OC. The zero-order valence-electron chi connectivity index (χ0n) is 15.0. The molecule has 8 heteroatoms. The summed E-state index contributed by atoms with van der Waals surface area (Å²) in [6.07, 6.45) is 3.87. The van der Waals surface area contributed by atoms with Gasteiger partial charge in [-0.25, -0.2) is 8.42 Å². The first-order valence-corrected chi connectivity index (χ1v) is 10.5. The van der Waals surface area contributed by atoms with E-state index in [1.807, 2.05) is 0 Å². The van der Waals surface area contributed by atoms with Gasteiger partial charge in [0.2, 0.25) is 10.0 Å². The van der Waals surface area contributed by atoms with Crippen LogP contribution >= 0.6 is 12.2 Å². The highest BCUT2D eigenvalue weighted by molar-refractivity contribution is 7.89. The summed E-state index contributed by atoms with van der Waals surface area (Å²) in [5, 5.41) is 6.72. The maximum Gasteiger partial charge on any atom is 0.243 e. The minimum absolute atomic E-state index is 0.243. The third kappa shape index (κ3) is 5.05. The molecular weight excluding hydrogens is 358 g/mol. The van der Waals surface area contributed by atoms with Gasteiger partial charge in [0.1, 0.15) is 5.75 Å². The molecule has 2 N–H and O–H groups in total. The number of thiocarbonyl (C=S) groups is 1. The summed E-state index contributed by atoms with van der Waals surface area (Å²) in [7, 11) is -1.93. The molecule has 1 fully saturated rings. The fourth-order valence-electron chi connectivity index (χ4n) is 2.91. The number of hydrogen-bond donors (Lipinski definition) is 2. The lowest BCUT2D eigenvalue weighted by molar-refractivity contribution is 0.416. The first kappa shape index (κ1) is 19.9. The van der Waals surface area contributed by atoms with E-state index in [2.05, 4.69) is 24.5 Å². The Hall–Kier alpha value is -1.38. The van der Waals surface area contributed by atoms with Gasteiger partial charge in [0.05, 0.1) is 17.7 Å². The molecule has 0 radical (unpaired) electrons. The van der Waals surface area contributed by atoms with Crippen molar-refractivity contribution in [3.05, 3.63) is 18.2 Å². The quantitative estimate of drug-likeness (QED) is 0.703. The van der Waals surface area contributed by atoms with Crippen LogP contribution in [0.15, 0.2) is 23.1 Å². The number of ether oxygens (including phenoxy) is 1. The number of anilines is 1.